The van der Waals surface area contributed by atoms with Gasteiger partial charge >= 0.3 is 0 Å². The predicted octanol–water partition coefficient (Wildman–Crippen LogP) is 5.42. The molecule has 2 aromatic carbocycles. The summed E-state index contributed by atoms with van der Waals surface area (Å²) in [6.45, 7) is 3.94. The van der Waals surface area contributed by atoms with Crippen molar-refractivity contribution in [1.82, 2.24) is 9.97 Å². The molecule has 0 amide bonds. The molecule has 0 spiro atoms. The third-order valence-electron chi connectivity index (χ3n) is 6.02. The monoisotopic (exact) mass is 415 g/mol. The Hall–Kier alpha value is -2.92. The summed E-state index contributed by atoms with van der Waals surface area (Å²) in [6.07, 6.45) is 3.36. The van der Waals surface area contributed by atoms with Gasteiger partial charge in [0.05, 0.1) is 5.52 Å². The zero-order valence-corrected chi connectivity index (χ0v) is 17.9. The number of H-pyrrole nitrogens is 1. The van der Waals surface area contributed by atoms with Gasteiger partial charge in [-0.15, -0.1) is 11.3 Å². The fraction of sp³-hybridized carbons (Fsp3) is 0.280. The predicted molar refractivity (Wildman–Crippen MR) is 125 cm³/mol. The molecular formula is C25H25N3OS. The van der Waals surface area contributed by atoms with Crippen LogP contribution in [0.1, 0.15) is 24.0 Å². The number of aromatic amines is 1. The summed E-state index contributed by atoms with van der Waals surface area (Å²) < 4.78 is 0.703. The number of nitrogens with one attached hydrogen (secondary N) is 1. The van der Waals surface area contributed by atoms with E-state index in [9.17, 15) is 4.79 Å². The highest BCUT2D eigenvalue weighted by atomic mass is 32.1. The number of piperidine rings is 1. The lowest BCUT2D eigenvalue weighted by Gasteiger charge is -2.32. The molecule has 152 valence electrons. The molecule has 1 saturated heterocycles. The fourth-order valence-corrected chi connectivity index (χ4v) is 5.29. The van der Waals surface area contributed by atoms with Crippen LogP contribution in [-0.2, 0) is 6.42 Å². The second-order valence-corrected chi connectivity index (χ2v) is 9.09. The van der Waals surface area contributed by atoms with Crippen LogP contribution in [-0.4, -0.2) is 23.1 Å². The van der Waals surface area contributed by atoms with Gasteiger partial charge in [-0.05, 0) is 43.2 Å². The van der Waals surface area contributed by atoms with Crippen molar-refractivity contribution in [2.45, 2.75) is 26.2 Å². The maximum Gasteiger partial charge on any atom is 0.270 e. The van der Waals surface area contributed by atoms with Gasteiger partial charge in [0.25, 0.3) is 5.56 Å². The number of rotatable bonds is 4. The van der Waals surface area contributed by atoms with E-state index in [1.807, 2.05) is 0 Å². The van der Waals surface area contributed by atoms with Gasteiger partial charge in [0.15, 0.2) is 0 Å². The molecule has 0 saturated carbocycles. The van der Waals surface area contributed by atoms with Gasteiger partial charge in [-0.25, -0.2) is 4.98 Å². The first-order valence-electron chi connectivity index (χ1n) is 10.5. The molecule has 1 aliphatic rings. The van der Waals surface area contributed by atoms with Crippen molar-refractivity contribution in [1.29, 1.82) is 0 Å². The van der Waals surface area contributed by atoms with Crippen molar-refractivity contribution in [3.8, 4) is 11.1 Å². The Morgan fingerprint density at radius 2 is 1.90 bits per heavy atom. The third kappa shape index (κ3) is 3.77. The maximum absolute atomic E-state index is 12.7. The number of thiophene rings is 1. The number of anilines is 1. The second kappa shape index (κ2) is 8.07. The first kappa shape index (κ1) is 19.1. The Bertz CT molecular complexity index is 1220. The van der Waals surface area contributed by atoms with Crippen molar-refractivity contribution in [3.63, 3.8) is 0 Å². The van der Waals surface area contributed by atoms with E-state index in [0.29, 0.717) is 16.6 Å². The molecule has 4 aromatic rings. The van der Waals surface area contributed by atoms with Crippen LogP contribution in [0.3, 0.4) is 0 Å². The largest absolute Gasteiger partial charge is 0.342 e. The molecule has 1 aliphatic heterocycles. The summed E-state index contributed by atoms with van der Waals surface area (Å²) in [4.78, 5) is 22.9. The lowest BCUT2D eigenvalue weighted by molar-refractivity contribution is 0.400. The van der Waals surface area contributed by atoms with Gasteiger partial charge in [-0.1, -0.05) is 60.2 Å². The van der Waals surface area contributed by atoms with Crippen molar-refractivity contribution < 1.29 is 0 Å². The summed E-state index contributed by atoms with van der Waals surface area (Å²) in [5.41, 5.74) is 5.56. The van der Waals surface area contributed by atoms with Gasteiger partial charge in [0, 0.05) is 24.0 Å². The molecular weight excluding hydrogens is 390 g/mol. The highest BCUT2D eigenvalue weighted by Gasteiger charge is 2.22. The van der Waals surface area contributed by atoms with Crippen LogP contribution in [0.15, 0.2) is 64.8 Å². The van der Waals surface area contributed by atoms with Crippen molar-refractivity contribution >= 4 is 27.5 Å². The van der Waals surface area contributed by atoms with Crippen LogP contribution in [0.4, 0.5) is 5.95 Å². The molecule has 4 nitrogen and oxygen atoms in total. The highest BCUT2D eigenvalue weighted by Crippen LogP contribution is 2.32. The van der Waals surface area contributed by atoms with E-state index in [2.05, 4.69) is 76.8 Å². The van der Waals surface area contributed by atoms with E-state index in [4.69, 9.17) is 4.98 Å². The Balaban J connectivity index is 1.39. The number of nitrogens with zero attached hydrogens (tertiary/aromatic N) is 2. The number of fused-ring (bicyclic) bond motifs is 1. The third-order valence-corrected chi connectivity index (χ3v) is 6.99. The van der Waals surface area contributed by atoms with Gasteiger partial charge in [-0.2, -0.15) is 0 Å². The Kier molecular flexibility index (Phi) is 5.13. The van der Waals surface area contributed by atoms with Crippen LogP contribution in [0.5, 0.6) is 0 Å². The van der Waals surface area contributed by atoms with Crippen molar-refractivity contribution in [2.75, 3.05) is 18.0 Å². The number of aryl methyl sites for hydroxylation is 1. The highest BCUT2D eigenvalue weighted by molar-refractivity contribution is 7.17. The second-order valence-electron chi connectivity index (χ2n) is 8.21. The van der Waals surface area contributed by atoms with E-state index in [0.717, 1.165) is 49.0 Å². The Labute approximate surface area is 180 Å². The summed E-state index contributed by atoms with van der Waals surface area (Å²) >= 11 is 1.47. The lowest BCUT2D eigenvalue weighted by Crippen LogP contribution is -2.36. The molecule has 5 heteroatoms. The SMILES string of the molecule is Cc1cccc(-c2csc3c(=O)[nH]c(N4CCC(Cc5ccccc5)CC4)nc23)c1. The van der Waals surface area contributed by atoms with E-state index in [1.165, 1.54) is 22.5 Å². The number of aromatic nitrogens is 2. The van der Waals surface area contributed by atoms with Crippen molar-refractivity contribution in [3.05, 3.63) is 81.5 Å². The lowest BCUT2D eigenvalue weighted by atomic mass is 9.90. The summed E-state index contributed by atoms with van der Waals surface area (Å²) in [6, 6.07) is 19.1. The molecule has 0 atom stereocenters. The minimum Gasteiger partial charge on any atom is -0.342 e. The minimum atomic E-state index is -0.0367. The average Bonchev–Trinajstić information content (AvgIpc) is 3.20. The molecule has 0 bridgehead atoms. The normalized spacial score (nSPS) is 15.0. The summed E-state index contributed by atoms with van der Waals surface area (Å²) in [5.74, 6) is 1.39. The van der Waals surface area contributed by atoms with Crippen LogP contribution < -0.4 is 10.5 Å². The number of hydrogen-bond donors (Lipinski definition) is 1. The molecule has 1 fully saturated rings. The van der Waals surface area contributed by atoms with Gasteiger partial charge in [0.1, 0.15) is 4.70 Å². The molecule has 5 rings (SSSR count). The Morgan fingerprint density at radius 3 is 2.67 bits per heavy atom. The quantitative estimate of drug-likeness (QED) is 0.484. The molecule has 1 N–H and O–H groups in total. The zero-order chi connectivity index (χ0) is 20.5. The minimum absolute atomic E-state index is 0.0367. The summed E-state index contributed by atoms with van der Waals surface area (Å²) in [5, 5.41) is 2.05. The number of benzene rings is 2. The van der Waals surface area contributed by atoms with Crippen LogP contribution in [0.25, 0.3) is 21.3 Å². The molecule has 30 heavy (non-hydrogen) atoms. The number of hydrogen-bond acceptors (Lipinski definition) is 4. The average molecular weight is 416 g/mol. The molecule has 3 heterocycles. The van der Waals surface area contributed by atoms with E-state index in [-0.39, 0.29) is 5.56 Å². The van der Waals surface area contributed by atoms with Gasteiger partial charge < -0.3 is 4.90 Å². The zero-order valence-electron chi connectivity index (χ0n) is 17.1. The molecule has 0 radical (unpaired) electrons. The van der Waals surface area contributed by atoms with E-state index < -0.39 is 0 Å². The molecule has 2 aromatic heterocycles. The van der Waals surface area contributed by atoms with Crippen molar-refractivity contribution in [2.24, 2.45) is 5.92 Å². The fourth-order valence-electron chi connectivity index (χ4n) is 4.38. The van der Waals surface area contributed by atoms with E-state index in [1.54, 1.807) is 0 Å². The molecule has 0 aliphatic carbocycles. The van der Waals surface area contributed by atoms with Gasteiger partial charge in [-0.3, -0.25) is 9.78 Å². The van der Waals surface area contributed by atoms with Gasteiger partial charge in [0.2, 0.25) is 5.95 Å². The first-order chi connectivity index (χ1) is 14.7. The smallest absolute Gasteiger partial charge is 0.270 e. The standard InChI is InChI=1S/C25H25N3OS/c1-17-6-5-9-20(14-17)21-16-30-23-22(21)26-25(27-24(23)29)28-12-10-19(11-13-28)15-18-7-3-2-4-8-18/h2-9,14,16,19H,10-13,15H2,1H3,(H,26,27,29). The Morgan fingerprint density at radius 1 is 1.10 bits per heavy atom. The molecule has 0 unspecified atom stereocenters. The first-order valence-corrected chi connectivity index (χ1v) is 11.4. The van der Waals surface area contributed by atoms with Crippen LogP contribution in [0.2, 0.25) is 0 Å². The summed E-state index contributed by atoms with van der Waals surface area (Å²) in [7, 11) is 0. The maximum atomic E-state index is 12.7. The van der Waals surface area contributed by atoms with E-state index >= 15 is 0 Å². The van der Waals surface area contributed by atoms with Crippen LogP contribution >= 0.6 is 11.3 Å². The van der Waals surface area contributed by atoms with Crippen LogP contribution in [0, 0.1) is 12.8 Å². The topological polar surface area (TPSA) is 49.0 Å².